The van der Waals surface area contributed by atoms with Gasteiger partial charge in [0.25, 0.3) is 5.56 Å². The molecule has 3 heterocycles. The van der Waals surface area contributed by atoms with E-state index in [9.17, 15) is 9.59 Å². The molecular weight excluding hydrogens is 591 g/mol. The quantitative estimate of drug-likeness (QED) is 0.0983. The number of carbonyl (C=O) groups is 1. The van der Waals surface area contributed by atoms with Crippen molar-refractivity contribution in [2.45, 2.75) is 52.1 Å². The van der Waals surface area contributed by atoms with Gasteiger partial charge in [0.1, 0.15) is 21.4 Å². The molecule has 3 aromatic heterocycles. The van der Waals surface area contributed by atoms with E-state index in [1.807, 2.05) is 0 Å². The molecule has 0 saturated carbocycles. The summed E-state index contributed by atoms with van der Waals surface area (Å²) >= 11 is 2.85. The van der Waals surface area contributed by atoms with Crippen molar-refractivity contribution in [2.75, 3.05) is 12.4 Å². The first-order chi connectivity index (χ1) is 21.3. The number of ether oxygens (including phenoxy) is 1. The van der Waals surface area contributed by atoms with Gasteiger partial charge in [-0.1, -0.05) is 71.9 Å². The summed E-state index contributed by atoms with van der Waals surface area (Å²) in [6, 6.07) is 21.2. The van der Waals surface area contributed by atoms with E-state index >= 15 is 0 Å². The maximum absolute atomic E-state index is 12.9. The van der Waals surface area contributed by atoms with Gasteiger partial charge in [0.2, 0.25) is 0 Å². The van der Waals surface area contributed by atoms with Crippen LogP contribution in [0.15, 0.2) is 70.6 Å². The Morgan fingerprint density at radius 2 is 1.86 bits per heavy atom. The molecule has 0 atom stereocenters. The predicted molar refractivity (Wildman–Crippen MR) is 178 cm³/mol. The van der Waals surface area contributed by atoms with Crippen molar-refractivity contribution in [3.8, 4) is 5.69 Å². The molecule has 0 amide bonds. The summed E-state index contributed by atoms with van der Waals surface area (Å²) in [5, 5.41) is 13.0. The Hall–Kier alpha value is -4.28. The smallest absolute Gasteiger partial charge is 0.348 e. The molecule has 0 fully saturated rings. The molecule has 0 unspecified atom stereocenters. The summed E-state index contributed by atoms with van der Waals surface area (Å²) in [7, 11) is 0. The lowest BCUT2D eigenvalue weighted by Gasteiger charge is -2.14. The lowest BCUT2D eigenvalue weighted by molar-refractivity contribution is 0.0531. The number of H-pyrrole nitrogens is 1. The fraction of sp³-hybridized carbons (Fsp3) is 0.265. The molecule has 0 aliphatic rings. The zero-order valence-corrected chi connectivity index (χ0v) is 26.8. The standard InChI is InChI=1S/C34H33N5O3S2/c1-5-42-33(41)30-22(4)29-31(40)35-27(36-32(29)44-30)14-9-17-43-34-38-37-28(39(34)26-16-15-20(2)18-21(26)3)19-24-12-8-11-23-10-6-7-13-25(23)24/h6-8,10-13,15-16,18H,5,9,14,17,19H2,1-4H3,(H,35,36,40). The topological polar surface area (TPSA) is 103 Å². The summed E-state index contributed by atoms with van der Waals surface area (Å²) in [4.78, 5) is 33.8. The molecule has 0 aliphatic heterocycles. The lowest BCUT2D eigenvalue weighted by Crippen LogP contribution is -2.12. The van der Waals surface area contributed by atoms with E-state index in [1.54, 1.807) is 25.6 Å². The van der Waals surface area contributed by atoms with E-state index < -0.39 is 5.97 Å². The monoisotopic (exact) mass is 623 g/mol. The minimum atomic E-state index is -0.418. The number of benzene rings is 3. The van der Waals surface area contributed by atoms with Gasteiger partial charge in [0.15, 0.2) is 5.16 Å². The molecule has 1 N–H and O–H groups in total. The molecule has 0 radical (unpaired) electrons. The number of esters is 1. The van der Waals surface area contributed by atoms with Crippen molar-refractivity contribution in [1.29, 1.82) is 0 Å². The van der Waals surface area contributed by atoms with Crippen LogP contribution in [-0.2, 0) is 17.6 Å². The molecule has 10 heteroatoms. The highest BCUT2D eigenvalue weighted by molar-refractivity contribution is 7.99. The summed E-state index contributed by atoms with van der Waals surface area (Å²) in [6.45, 7) is 8.02. The SMILES string of the molecule is CCOC(=O)c1sc2nc(CCCSc3nnc(Cc4cccc5ccccc45)n3-c3ccc(C)cc3C)[nH]c(=O)c2c1C. The first-order valence-electron chi connectivity index (χ1n) is 14.6. The van der Waals surface area contributed by atoms with Crippen LogP contribution >= 0.6 is 23.1 Å². The average molecular weight is 624 g/mol. The van der Waals surface area contributed by atoms with E-state index in [2.05, 4.69) is 99.2 Å². The molecule has 0 bridgehead atoms. The van der Waals surface area contributed by atoms with Crippen LogP contribution in [-0.4, -0.2) is 43.1 Å². The van der Waals surface area contributed by atoms with Gasteiger partial charge < -0.3 is 9.72 Å². The van der Waals surface area contributed by atoms with Crippen LogP contribution in [0.1, 0.15) is 56.9 Å². The number of hydrogen-bond donors (Lipinski definition) is 1. The van der Waals surface area contributed by atoms with Crippen molar-refractivity contribution in [3.63, 3.8) is 0 Å². The number of thioether (sulfide) groups is 1. The number of rotatable bonds is 10. The van der Waals surface area contributed by atoms with Crippen LogP contribution in [0.4, 0.5) is 0 Å². The van der Waals surface area contributed by atoms with Gasteiger partial charge in [0.05, 0.1) is 17.7 Å². The molecule has 44 heavy (non-hydrogen) atoms. The largest absolute Gasteiger partial charge is 0.462 e. The number of carbonyl (C=O) groups excluding carboxylic acids is 1. The number of nitrogens with zero attached hydrogens (tertiary/aromatic N) is 4. The summed E-state index contributed by atoms with van der Waals surface area (Å²) in [6.07, 6.45) is 2.01. The zero-order valence-electron chi connectivity index (χ0n) is 25.1. The third-order valence-electron chi connectivity index (χ3n) is 7.62. The number of fused-ring (bicyclic) bond motifs is 2. The molecule has 0 spiro atoms. The number of aromatic nitrogens is 5. The van der Waals surface area contributed by atoms with E-state index in [0.717, 1.165) is 34.4 Å². The fourth-order valence-corrected chi connectivity index (χ4v) is 7.52. The van der Waals surface area contributed by atoms with Crippen LogP contribution in [0.3, 0.4) is 0 Å². The maximum atomic E-state index is 12.9. The van der Waals surface area contributed by atoms with Gasteiger partial charge >= 0.3 is 5.97 Å². The van der Waals surface area contributed by atoms with Crippen LogP contribution in [0, 0.1) is 20.8 Å². The molecular formula is C34H33N5O3S2. The van der Waals surface area contributed by atoms with Crippen LogP contribution in [0.25, 0.3) is 26.7 Å². The first-order valence-corrected chi connectivity index (χ1v) is 16.4. The highest BCUT2D eigenvalue weighted by atomic mass is 32.2. The summed E-state index contributed by atoms with van der Waals surface area (Å²) in [5.74, 6) is 1.83. The second-order valence-corrected chi connectivity index (χ2v) is 12.8. The molecule has 6 aromatic rings. The predicted octanol–water partition coefficient (Wildman–Crippen LogP) is 7.14. The van der Waals surface area contributed by atoms with Crippen molar-refractivity contribution >= 4 is 50.1 Å². The average Bonchev–Trinajstić information content (AvgIpc) is 3.56. The zero-order chi connectivity index (χ0) is 30.8. The van der Waals surface area contributed by atoms with Crippen LogP contribution < -0.4 is 5.56 Å². The van der Waals surface area contributed by atoms with Gasteiger partial charge in [-0.3, -0.25) is 9.36 Å². The summed E-state index contributed by atoms with van der Waals surface area (Å²) in [5.41, 5.74) is 5.03. The third-order valence-corrected chi connectivity index (χ3v) is 9.80. The molecule has 0 aliphatic carbocycles. The second kappa shape index (κ2) is 12.8. The highest BCUT2D eigenvalue weighted by Gasteiger charge is 2.21. The Morgan fingerprint density at radius 3 is 2.68 bits per heavy atom. The molecule has 0 saturated heterocycles. The Labute approximate surface area is 263 Å². The Balaban J connectivity index is 1.23. The van der Waals surface area contributed by atoms with Gasteiger partial charge in [-0.2, -0.15) is 0 Å². The van der Waals surface area contributed by atoms with Crippen molar-refractivity contribution in [2.24, 2.45) is 0 Å². The number of aromatic amines is 1. The van der Waals surface area contributed by atoms with Gasteiger partial charge in [0, 0.05) is 18.6 Å². The maximum Gasteiger partial charge on any atom is 0.348 e. The van der Waals surface area contributed by atoms with E-state index in [1.165, 1.54) is 33.2 Å². The molecule has 3 aromatic carbocycles. The van der Waals surface area contributed by atoms with E-state index in [-0.39, 0.29) is 12.2 Å². The number of hydrogen-bond acceptors (Lipinski definition) is 8. The van der Waals surface area contributed by atoms with E-state index in [0.29, 0.717) is 39.3 Å². The Bertz CT molecular complexity index is 2050. The molecule has 8 nitrogen and oxygen atoms in total. The fourth-order valence-electron chi connectivity index (χ4n) is 5.52. The summed E-state index contributed by atoms with van der Waals surface area (Å²) < 4.78 is 7.33. The second-order valence-electron chi connectivity index (χ2n) is 10.8. The number of aryl methyl sites for hydroxylation is 4. The van der Waals surface area contributed by atoms with Crippen molar-refractivity contribution in [1.82, 2.24) is 24.7 Å². The van der Waals surface area contributed by atoms with Crippen LogP contribution in [0.5, 0.6) is 0 Å². The van der Waals surface area contributed by atoms with Crippen LogP contribution in [0.2, 0.25) is 0 Å². The van der Waals surface area contributed by atoms with Crippen molar-refractivity contribution in [3.05, 3.63) is 110 Å². The molecule has 224 valence electrons. The highest BCUT2D eigenvalue weighted by Crippen LogP contribution is 2.30. The van der Waals surface area contributed by atoms with Gasteiger partial charge in [-0.15, -0.1) is 21.5 Å². The van der Waals surface area contributed by atoms with E-state index in [4.69, 9.17) is 4.74 Å². The minimum Gasteiger partial charge on any atom is -0.462 e. The lowest BCUT2D eigenvalue weighted by atomic mass is 10.0. The van der Waals surface area contributed by atoms with Crippen molar-refractivity contribution < 1.29 is 9.53 Å². The normalized spacial score (nSPS) is 11.5. The Morgan fingerprint density at radius 1 is 1.05 bits per heavy atom. The van der Waals surface area contributed by atoms with Gasteiger partial charge in [-0.25, -0.2) is 9.78 Å². The number of thiophene rings is 1. The number of nitrogens with one attached hydrogen (secondary N) is 1. The molecule has 6 rings (SSSR count). The third kappa shape index (κ3) is 5.92. The first kappa shape index (κ1) is 29.8. The Kier molecular flexibility index (Phi) is 8.63. The minimum absolute atomic E-state index is 0.227. The van der Waals surface area contributed by atoms with Gasteiger partial charge in [-0.05, 0) is 67.6 Å².